The fourth-order valence-corrected chi connectivity index (χ4v) is 10.2. The number of aliphatic hydroxyl groups excluding tert-OH is 1. The van der Waals surface area contributed by atoms with Crippen LogP contribution in [0.1, 0.15) is 131 Å². The Hall–Kier alpha value is -1.03. The molecule has 1 amide bonds. The van der Waals surface area contributed by atoms with E-state index in [-0.39, 0.29) is 12.6 Å². The molecule has 0 bridgehead atoms. The number of amides is 1. The zero-order valence-corrected chi connectivity index (χ0v) is 25.3. The van der Waals surface area contributed by atoms with E-state index in [0.717, 1.165) is 54.8 Å². The van der Waals surface area contributed by atoms with E-state index in [4.69, 9.17) is 0 Å². The summed E-state index contributed by atoms with van der Waals surface area (Å²) in [6, 6.07) is -0.0308. The second-order valence-corrected chi connectivity index (χ2v) is 15.0. The van der Waals surface area contributed by atoms with Crippen molar-refractivity contribution in [3.05, 3.63) is 11.6 Å². The Morgan fingerprint density at radius 2 is 1.79 bits per heavy atom. The van der Waals surface area contributed by atoms with Crippen LogP contribution in [0.2, 0.25) is 0 Å². The average molecular weight is 530 g/mol. The summed E-state index contributed by atoms with van der Waals surface area (Å²) >= 11 is 0. The highest BCUT2D eigenvalue weighted by Gasteiger charge is 2.59. The summed E-state index contributed by atoms with van der Waals surface area (Å²) in [5, 5.41) is 21.1. The van der Waals surface area contributed by atoms with Gasteiger partial charge in [0.1, 0.15) is 0 Å². The summed E-state index contributed by atoms with van der Waals surface area (Å²) < 4.78 is 0. The molecule has 4 heteroatoms. The minimum atomic E-state index is -0.936. The minimum absolute atomic E-state index is 0.0308. The molecule has 3 fully saturated rings. The molecule has 0 aromatic carbocycles. The molecule has 218 valence electrons. The topological polar surface area (TPSA) is 69.6 Å². The van der Waals surface area contributed by atoms with Gasteiger partial charge in [-0.2, -0.15) is 0 Å². The molecule has 0 aromatic rings. The summed E-state index contributed by atoms with van der Waals surface area (Å²) in [5.41, 5.74) is 2.68. The molecular weight excluding hydrogens is 470 g/mol. The van der Waals surface area contributed by atoms with E-state index < -0.39 is 6.09 Å². The Kier molecular flexibility index (Phi) is 9.97. The molecule has 0 heterocycles. The van der Waals surface area contributed by atoms with E-state index >= 15 is 0 Å². The maximum Gasteiger partial charge on any atom is 0.404 e. The number of fused-ring (bicyclic) bond motifs is 5. The highest BCUT2D eigenvalue weighted by atomic mass is 16.4. The normalized spacial score (nSPS) is 38.1. The Labute approximate surface area is 233 Å². The number of hydrogen-bond donors (Lipinski definition) is 3. The Bertz CT molecular complexity index is 823. The van der Waals surface area contributed by atoms with E-state index in [2.05, 4.69) is 46.0 Å². The predicted molar refractivity (Wildman–Crippen MR) is 157 cm³/mol. The highest BCUT2D eigenvalue weighted by Crippen LogP contribution is 2.67. The van der Waals surface area contributed by atoms with Crippen LogP contribution in [-0.2, 0) is 0 Å². The summed E-state index contributed by atoms with van der Waals surface area (Å²) in [5.74, 6) is 5.97. The van der Waals surface area contributed by atoms with Gasteiger partial charge in [0.25, 0.3) is 0 Å². The third kappa shape index (κ3) is 6.31. The molecule has 3 saturated carbocycles. The van der Waals surface area contributed by atoms with Crippen LogP contribution < -0.4 is 5.32 Å². The Morgan fingerprint density at radius 1 is 1.00 bits per heavy atom. The van der Waals surface area contributed by atoms with E-state index in [0.29, 0.717) is 23.2 Å². The molecule has 1 unspecified atom stereocenters. The van der Waals surface area contributed by atoms with Crippen molar-refractivity contribution in [2.45, 2.75) is 137 Å². The maximum atomic E-state index is 11.2. The van der Waals surface area contributed by atoms with E-state index in [1.807, 2.05) is 0 Å². The zero-order valence-electron chi connectivity index (χ0n) is 25.3. The van der Waals surface area contributed by atoms with Gasteiger partial charge in [0.2, 0.25) is 0 Å². The van der Waals surface area contributed by atoms with Gasteiger partial charge < -0.3 is 15.5 Å². The van der Waals surface area contributed by atoms with Gasteiger partial charge in [-0.15, -0.1) is 0 Å². The molecule has 4 aliphatic carbocycles. The molecule has 4 aliphatic rings. The number of carboxylic acid groups (broad SMARTS) is 1. The molecular formula is C34H59NO3. The van der Waals surface area contributed by atoms with Crippen molar-refractivity contribution < 1.29 is 15.0 Å². The SMILES string of the molecule is CC(C)CCC[C@@H](C)[C@H]1CC[C@H]2[C@@H]3CC=C4C[C@@H](CCC(CCCO)NC(=O)O)CC[C@]4(C)[C@H]3CC[C@]12C. The van der Waals surface area contributed by atoms with E-state index in [1.54, 1.807) is 5.57 Å². The fraction of sp³-hybridized carbons (Fsp3) is 0.912. The Morgan fingerprint density at radius 3 is 2.50 bits per heavy atom. The average Bonchev–Trinajstić information content (AvgIpc) is 3.22. The Balaban J connectivity index is 1.37. The van der Waals surface area contributed by atoms with Crippen LogP contribution in [0.15, 0.2) is 11.6 Å². The van der Waals surface area contributed by atoms with E-state index in [1.165, 1.54) is 70.6 Å². The summed E-state index contributed by atoms with van der Waals surface area (Å²) in [6.45, 7) is 12.8. The van der Waals surface area contributed by atoms with Crippen molar-refractivity contribution in [2.24, 2.45) is 52.3 Å². The molecule has 3 N–H and O–H groups in total. The van der Waals surface area contributed by atoms with Crippen molar-refractivity contribution in [3.63, 3.8) is 0 Å². The fourth-order valence-electron chi connectivity index (χ4n) is 10.2. The van der Waals surface area contributed by atoms with Crippen molar-refractivity contribution in [3.8, 4) is 0 Å². The summed E-state index contributed by atoms with van der Waals surface area (Å²) in [6.07, 6.45) is 20.3. The molecule has 38 heavy (non-hydrogen) atoms. The highest BCUT2D eigenvalue weighted by molar-refractivity contribution is 5.64. The van der Waals surface area contributed by atoms with Gasteiger partial charge in [0.05, 0.1) is 0 Å². The molecule has 4 nitrogen and oxygen atoms in total. The second kappa shape index (κ2) is 12.6. The second-order valence-electron chi connectivity index (χ2n) is 15.0. The standard InChI is InChI=1S/C34H59NO3/c1-23(2)8-6-9-24(3)29-15-16-30-28-14-12-26-22-25(11-13-27(10-7-21-36)35-32(37)38)17-19-33(26,4)31(28)18-20-34(29,30)5/h12,23-25,27-31,35-36H,6-11,13-22H2,1-5H3,(H,37,38)/t24-,25+,27?,28+,29-,30+,31+,33+,34-/m1/s1. The summed E-state index contributed by atoms with van der Waals surface area (Å²) in [7, 11) is 0. The quantitative estimate of drug-likeness (QED) is 0.221. The number of rotatable bonds is 12. The van der Waals surface area contributed by atoms with Gasteiger partial charge in [-0.3, -0.25) is 0 Å². The lowest BCUT2D eigenvalue weighted by atomic mass is 9.46. The zero-order chi connectivity index (χ0) is 27.5. The van der Waals surface area contributed by atoms with Gasteiger partial charge in [-0.1, -0.05) is 65.5 Å². The summed E-state index contributed by atoms with van der Waals surface area (Å²) in [4.78, 5) is 11.2. The monoisotopic (exact) mass is 529 g/mol. The van der Waals surface area contributed by atoms with Gasteiger partial charge in [-0.05, 0) is 129 Å². The minimum Gasteiger partial charge on any atom is -0.465 e. The first-order valence-corrected chi connectivity index (χ1v) is 16.4. The third-order valence-electron chi connectivity index (χ3n) is 12.4. The largest absolute Gasteiger partial charge is 0.465 e. The molecule has 0 radical (unpaired) electrons. The van der Waals surface area contributed by atoms with Gasteiger partial charge >= 0.3 is 6.09 Å². The van der Waals surface area contributed by atoms with Gasteiger partial charge in [0, 0.05) is 12.6 Å². The third-order valence-corrected chi connectivity index (χ3v) is 12.4. The van der Waals surface area contributed by atoms with Crippen LogP contribution in [0, 0.1) is 52.3 Å². The predicted octanol–water partition coefficient (Wildman–Crippen LogP) is 8.83. The molecule has 0 spiro atoms. The van der Waals surface area contributed by atoms with Crippen LogP contribution >= 0.6 is 0 Å². The van der Waals surface area contributed by atoms with Crippen molar-refractivity contribution in [2.75, 3.05) is 6.61 Å². The molecule has 0 saturated heterocycles. The van der Waals surface area contributed by atoms with Crippen LogP contribution in [0.3, 0.4) is 0 Å². The maximum absolute atomic E-state index is 11.2. The first kappa shape index (κ1) is 29.9. The molecule has 4 rings (SSSR count). The molecule has 0 aliphatic heterocycles. The van der Waals surface area contributed by atoms with Crippen molar-refractivity contribution >= 4 is 6.09 Å². The number of hydrogen-bond acceptors (Lipinski definition) is 2. The number of nitrogens with one attached hydrogen (secondary N) is 1. The van der Waals surface area contributed by atoms with Crippen LogP contribution in [0.25, 0.3) is 0 Å². The van der Waals surface area contributed by atoms with Crippen molar-refractivity contribution in [1.82, 2.24) is 5.32 Å². The lowest BCUT2D eigenvalue weighted by Crippen LogP contribution is -2.50. The number of allylic oxidation sites excluding steroid dienone is 2. The lowest BCUT2D eigenvalue weighted by molar-refractivity contribution is -0.0530. The lowest BCUT2D eigenvalue weighted by Gasteiger charge is -2.58. The van der Waals surface area contributed by atoms with Gasteiger partial charge in [-0.25, -0.2) is 4.79 Å². The number of carbonyl (C=O) groups is 1. The molecule has 9 atom stereocenters. The molecule has 0 aromatic heterocycles. The van der Waals surface area contributed by atoms with Crippen molar-refractivity contribution in [1.29, 1.82) is 0 Å². The first-order chi connectivity index (χ1) is 18.1. The number of aliphatic hydroxyl groups is 1. The first-order valence-electron chi connectivity index (χ1n) is 16.4. The van der Waals surface area contributed by atoms with Gasteiger partial charge in [0.15, 0.2) is 0 Å². The van der Waals surface area contributed by atoms with Crippen LogP contribution in [0.5, 0.6) is 0 Å². The van der Waals surface area contributed by atoms with E-state index in [9.17, 15) is 15.0 Å². The van der Waals surface area contributed by atoms with Crippen LogP contribution in [0.4, 0.5) is 4.79 Å². The smallest absolute Gasteiger partial charge is 0.404 e. The van der Waals surface area contributed by atoms with Crippen LogP contribution in [-0.4, -0.2) is 29.0 Å².